The number of ether oxygens (including phenoxy) is 2. The molecule has 1 aromatic heterocycles. The average Bonchev–Trinajstić information content (AvgIpc) is 2.43. The lowest BCUT2D eigenvalue weighted by molar-refractivity contribution is -0.0417. The number of carbonyl (C=O) groups excluding carboxylic acids is 1. The van der Waals surface area contributed by atoms with Crippen molar-refractivity contribution in [1.29, 1.82) is 0 Å². The maximum atomic E-state index is 12.3. The zero-order chi connectivity index (χ0) is 14.5. The molecule has 110 valence electrons. The van der Waals surface area contributed by atoms with Crippen molar-refractivity contribution in [2.24, 2.45) is 0 Å². The Labute approximate surface area is 118 Å². The van der Waals surface area contributed by atoms with Crippen molar-refractivity contribution >= 4 is 5.97 Å². The van der Waals surface area contributed by atoms with E-state index >= 15 is 0 Å². The van der Waals surface area contributed by atoms with Gasteiger partial charge in [0.25, 0.3) is 5.56 Å². The minimum atomic E-state index is -0.591. The summed E-state index contributed by atoms with van der Waals surface area (Å²) < 4.78 is 12.0. The highest BCUT2D eigenvalue weighted by molar-refractivity contribution is 5.88. The summed E-state index contributed by atoms with van der Waals surface area (Å²) in [6.45, 7) is 2.84. The number of rotatable bonds is 6. The average molecular weight is 279 g/mol. The van der Waals surface area contributed by atoms with Crippen LogP contribution in [0.2, 0.25) is 0 Å². The highest BCUT2D eigenvalue weighted by atomic mass is 16.5. The van der Waals surface area contributed by atoms with Crippen molar-refractivity contribution in [3.8, 4) is 0 Å². The smallest absolute Gasteiger partial charge is 0.343 e. The molecule has 0 aromatic carbocycles. The first-order valence-electron chi connectivity index (χ1n) is 7.10. The quantitative estimate of drug-likeness (QED) is 0.591. The van der Waals surface area contributed by atoms with Gasteiger partial charge >= 0.3 is 5.97 Å². The highest BCUT2D eigenvalue weighted by Gasteiger charge is 2.34. The van der Waals surface area contributed by atoms with Crippen molar-refractivity contribution in [3.05, 3.63) is 34.2 Å². The van der Waals surface area contributed by atoms with Crippen LogP contribution in [0.4, 0.5) is 0 Å². The third-order valence-corrected chi connectivity index (χ3v) is 3.74. The lowest BCUT2D eigenvalue weighted by Gasteiger charge is -2.37. The Hall–Kier alpha value is -1.62. The Morgan fingerprint density at radius 2 is 2.25 bits per heavy atom. The molecule has 0 unspecified atom stereocenters. The SMILES string of the molecule is CCCCO[C@@H]1CC[C@@H]1n1cccc(C(=O)OC)c1=O. The number of carbonyl (C=O) groups is 1. The zero-order valence-electron chi connectivity index (χ0n) is 12.0. The van der Waals surface area contributed by atoms with E-state index in [1.807, 2.05) is 0 Å². The van der Waals surface area contributed by atoms with Gasteiger partial charge in [0.1, 0.15) is 5.56 Å². The number of hydrogen-bond donors (Lipinski definition) is 0. The maximum absolute atomic E-state index is 12.3. The fraction of sp³-hybridized carbons (Fsp3) is 0.600. The van der Waals surface area contributed by atoms with Crippen molar-refractivity contribution in [1.82, 2.24) is 4.57 Å². The van der Waals surface area contributed by atoms with E-state index in [4.69, 9.17) is 4.74 Å². The molecule has 0 bridgehead atoms. The molecule has 1 fully saturated rings. The molecule has 5 heteroatoms. The first kappa shape index (κ1) is 14.8. The van der Waals surface area contributed by atoms with Crippen molar-refractivity contribution in [3.63, 3.8) is 0 Å². The molecular weight excluding hydrogens is 258 g/mol. The Kier molecular flexibility index (Phi) is 4.95. The second-order valence-electron chi connectivity index (χ2n) is 5.03. The summed E-state index contributed by atoms with van der Waals surface area (Å²) in [6.07, 6.45) is 5.78. The molecule has 0 N–H and O–H groups in total. The van der Waals surface area contributed by atoms with Crippen LogP contribution < -0.4 is 5.56 Å². The molecule has 1 aromatic rings. The first-order valence-corrected chi connectivity index (χ1v) is 7.10. The molecule has 5 nitrogen and oxygen atoms in total. The summed E-state index contributed by atoms with van der Waals surface area (Å²) in [5.74, 6) is -0.591. The lowest BCUT2D eigenvalue weighted by Crippen LogP contribution is -2.42. The van der Waals surface area contributed by atoms with Gasteiger partial charge in [0, 0.05) is 12.8 Å². The van der Waals surface area contributed by atoms with Crippen molar-refractivity contribution in [2.45, 2.75) is 44.8 Å². The summed E-state index contributed by atoms with van der Waals surface area (Å²) in [6, 6.07) is 3.23. The number of nitrogens with zero attached hydrogens (tertiary/aromatic N) is 1. The van der Waals surface area contributed by atoms with Crippen LogP contribution in [0.25, 0.3) is 0 Å². The molecule has 2 atom stereocenters. The van der Waals surface area contributed by atoms with Gasteiger partial charge in [-0.25, -0.2) is 4.79 Å². The highest BCUT2D eigenvalue weighted by Crippen LogP contribution is 2.34. The Morgan fingerprint density at radius 1 is 1.45 bits per heavy atom. The number of methoxy groups -OCH3 is 1. The van der Waals surface area contributed by atoms with E-state index in [-0.39, 0.29) is 23.3 Å². The number of aromatic nitrogens is 1. The fourth-order valence-electron chi connectivity index (χ4n) is 2.38. The number of pyridine rings is 1. The topological polar surface area (TPSA) is 57.5 Å². The van der Waals surface area contributed by atoms with E-state index in [1.54, 1.807) is 16.8 Å². The van der Waals surface area contributed by atoms with Crippen LogP contribution in [-0.2, 0) is 9.47 Å². The zero-order valence-corrected chi connectivity index (χ0v) is 12.0. The van der Waals surface area contributed by atoms with Crippen LogP contribution in [0.15, 0.2) is 23.1 Å². The minimum absolute atomic E-state index is 0.0314. The van der Waals surface area contributed by atoms with Crippen LogP contribution >= 0.6 is 0 Å². The molecule has 1 saturated carbocycles. The molecule has 1 heterocycles. The molecule has 1 aliphatic rings. The minimum Gasteiger partial charge on any atom is -0.465 e. The Balaban J connectivity index is 2.13. The van der Waals surface area contributed by atoms with E-state index in [9.17, 15) is 9.59 Å². The molecule has 0 amide bonds. The van der Waals surface area contributed by atoms with Gasteiger partial charge in [-0.3, -0.25) is 4.79 Å². The van der Waals surface area contributed by atoms with E-state index < -0.39 is 5.97 Å². The van der Waals surface area contributed by atoms with Crippen LogP contribution in [0.1, 0.15) is 49.0 Å². The molecule has 2 rings (SSSR count). The van der Waals surface area contributed by atoms with Gasteiger partial charge in [0.2, 0.25) is 0 Å². The lowest BCUT2D eigenvalue weighted by atomic mass is 9.88. The molecule has 0 spiro atoms. The van der Waals surface area contributed by atoms with Gasteiger partial charge in [0.05, 0.1) is 19.3 Å². The second-order valence-corrected chi connectivity index (χ2v) is 5.03. The van der Waals surface area contributed by atoms with Gasteiger partial charge in [-0.05, 0) is 31.4 Å². The second kappa shape index (κ2) is 6.70. The van der Waals surface area contributed by atoms with Gasteiger partial charge in [0.15, 0.2) is 0 Å². The largest absolute Gasteiger partial charge is 0.465 e. The predicted octanol–water partition coefficient (Wildman–Crippen LogP) is 2.16. The molecule has 20 heavy (non-hydrogen) atoms. The van der Waals surface area contributed by atoms with Crippen LogP contribution in [0.5, 0.6) is 0 Å². The third kappa shape index (κ3) is 2.93. The van der Waals surface area contributed by atoms with Gasteiger partial charge in [-0.2, -0.15) is 0 Å². The maximum Gasteiger partial charge on any atom is 0.343 e. The van der Waals surface area contributed by atoms with Gasteiger partial charge < -0.3 is 14.0 Å². The standard InChI is InChI=1S/C15H21NO4/c1-3-4-10-20-13-8-7-12(13)16-9-5-6-11(14(16)17)15(18)19-2/h5-6,9,12-13H,3-4,7-8,10H2,1-2H3/t12-,13+/m0/s1. The summed E-state index contributed by atoms with van der Waals surface area (Å²) in [4.78, 5) is 23.8. The molecule has 1 aliphatic carbocycles. The van der Waals surface area contributed by atoms with E-state index in [0.717, 1.165) is 32.3 Å². The molecular formula is C15H21NO4. The summed E-state index contributed by atoms with van der Waals surface area (Å²) in [5, 5.41) is 0. The van der Waals surface area contributed by atoms with Crippen LogP contribution in [0, 0.1) is 0 Å². The predicted molar refractivity (Wildman–Crippen MR) is 75.0 cm³/mol. The first-order chi connectivity index (χ1) is 9.69. The third-order valence-electron chi connectivity index (χ3n) is 3.74. The van der Waals surface area contributed by atoms with E-state index in [2.05, 4.69) is 11.7 Å². The van der Waals surface area contributed by atoms with Gasteiger partial charge in [-0.15, -0.1) is 0 Å². The normalized spacial score (nSPS) is 21.3. The Morgan fingerprint density at radius 3 is 2.85 bits per heavy atom. The monoisotopic (exact) mass is 279 g/mol. The van der Waals surface area contributed by atoms with E-state index in [1.165, 1.54) is 13.2 Å². The summed E-state index contributed by atoms with van der Waals surface area (Å²) in [5.41, 5.74) is -0.220. The number of esters is 1. The van der Waals surface area contributed by atoms with E-state index in [0.29, 0.717) is 0 Å². The molecule has 0 aliphatic heterocycles. The molecule has 0 saturated heterocycles. The van der Waals surface area contributed by atoms with Crippen molar-refractivity contribution < 1.29 is 14.3 Å². The number of hydrogen-bond acceptors (Lipinski definition) is 4. The number of unbranched alkanes of at least 4 members (excludes halogenated alkanes) is 1. The Bertz CT molecular complexity index is 523. The summed E-state index contributed by atoms with van der Waals surface area (Å²) in [7, 11) is 1.28. The van der Waals surface area contributed by atoms with Crippen LogP contribution in [-0.4, -0.2) is 30.4 Å². The fourth-order valence-corrected chi connectivity index (χ4v) is 2.38. The van der Waals surface area contributed by atoms with Crippen molar-refractivity contribution in [2.75, 3.05) is 13.7 Å². The summed E-state index contributed by atoms with van der Waals surface area (Å²) >= 11 is 0. The van der Waals surface area contributed by atoms with Gasteiger partial charge in [-0.1, -0.05) is 13.3 Å². The van der Waals surface area contributed by atoms with Crippen LogP contribution in [0.3, 0.4) is 0 Å². The molecule has 0 radical (unpaired) electrons.